The second-order valence-electron chi connectivity index (χ2n) is 6.12. The van der Waals surface area contributed by atoms with Gasteiger partial charge in [-0.2, -0.15) is 5.26 Å². The summed E-state index contributed by atoms with van der Waals surface area (Å²) < 4.78 is 1.75. The molecule has 4 rings (SSSR count). The Bertz CT molecular complexity index is 1020. The van der Waals surface area contributed by atoms with Crippen molar-refractivity contribution in [2.75, 3.05) is 19.6 Å². The minimum absolute atomic E-state index is 0.00798. The fourth-order valence-electron chi connectivity index (χ4n) is 3.25. The second kappa shape index (κ2) is 6.46. The summed E-state index contributed by atoms with van der Waals surface area (Å²) in [4.78, 5) is 24.0. The third-order valence-corrected chi connectivity index (χ3v) is 4.58. The molecular weight excluding hydrogens is 314 g/mol. The van der Waals surface area contributed by atoms with Crippen molar-refractivity contribution in [3.05, 3.63) is 58.8 Å². The second-order valence-corrected chi connectivity index (χ2v) is 6.12. The Balaban J connectivity index is 1.79. The van der Waals surface area contributed by atoms with E-state index < -0.39 is 0 Å². The summed E-state index contributed by atoms with van der Waals surface area (Å²) in [5, 5.41) is 9.52. The molecule has 6 heteroatoms. The summed E-state index contributed by atoms with van der Waals surface area (Å²) in [6, 6.07) is 13.6. The van der Waals surface area contributed by atoms with Crippen LogP contribution in [0.15, 0.2) is 47.4 Å². The van der Waals surface area contributed by atoms with E-state index in [1.165, 1.54) is 0 Å². The normalized spacial score (nSPS) is 14.7. The molecule has 0 amide bonds. The Kier molecular flexibility index (Phi) is 4.00. The first-order valence-electron chi connectivity index (χ1n) is 8.30. The highest BCUT2D eigenvalue weighted by Crippen LogP contribution is 2.21. The van der Waals surface area contributed by atoms with Crippen molar-refractivity contribution in [1.29, 1.82) is 5.26 Å². The van der Waals surface area contributed by atoms with Gasteiger partial charge < -0.3 is 0 Å². The van der Waals surface area contributed by atoms with E-state index in [2.05, 4.69) is 16.0 Å². The lowest BCUT2D eigenvalue weighted by molar-refractivity contribution is 0.312. The number of benzene rings is 1. The van der Waals surface area contributed by atoms with Crippen LogP contribution < -0.4 is 5.56 Å². The number of pyridine rings is 1. The average molecular weight is 331 g/mol. The van der Waals surface area contributed by atoms with Crippen molar-refractivity contribution in [2.45, 2.75) is 13.0 Å². The van der Waals surface area contributed by atoms with Crippen molar-refractivity contribution >= 4 is 10.9 Å². The zero-order valence-electron chi connectivity index (χ0n) is 13.7. The molecule has 0 aliphatic carbocycles. The van der Waals surface area contributed by atoms with E-state index in [1.54, 1.807) is 10.8 Å². The fraction of sp³-hybridized carbons (Fsp3) is 0.263. The molecule has 0 radical (unpaired) electrons. The van der Waals surface area contributed by atoms with Crippen molar-refractivity contribution in [1.82, 2.24) is 19.4 Å². The van der Waals surface area contributed by atoms with Gasteiger partial charge in [-0.25, -0.2) is 4.98 Å². The Hall–Kier alpha value is -3.04. The minimum Gasteiger partial charge on any atom is -0.295 e. The van der Waals surface area contributed by atoms with Crippen LogP contribution >= 0.6 is 0 Å². The monoisotopic (exact) mass is 331 g/mol. The number of nitriles is 1. The van der Waals surface area contributed by atoms with Gasteiger partial charge in [0.05, 0.1) is 29.2 Å². The standard InChI is InChI=1S/C19H17N5O/c20-7-10-23-9-6-18-22-17-13-14(16-3-1-2-8-21-16)4-5-15(17)19(25)24(18)12-11-23/h1-5,8,13H,6,9-12H2. The quantitative estimate of drug-likeness (QED) is 0.670. The molecule has 3 aromatic rings. The van der Waals surface area contributed by atoms with E-state index in [0.717, 1.165) is 23.6 Å². The molecule has 0 atom stereocenters. The van der Waals surface area contributed by atoms with Crippen LogP contribution in [0.2, 0.25) is 0 Å². The Morgan fingerprint density at radius 3 is 2.88 bits per heavy atom. The number of fused-ring (bicyclic) bond motifs is 2. The Morgan fingerprint density at radius 2 is 2.08 bits per heavy atom. The molecule has 1 aliphatic heterocycles. The Labute approximate surface area is 145 Å². The van der Waals surface area contributed by atoms with Crippen molar-refractivity contribution in [2.24, 2.45) is 0 Å². The number of hydrogen-bond donors (Lipinski definition) is 0. The zero-order valence-corrected chi connectivity index (χ0v) is 13.7. The number of nitrogens with zero attached hydrogens (tertiary/aromatic N) is 5. The van der Waals surface area contributed by atoms with Crippen LogP contribution in [0.1, 0.15) is 5.82 Å². The van der Waals surface area contributed by atoms with Crippen molar-refractivity contribution in [3.8, 4) is 17.3 Å². The molecular formula is C19H17N5O. The first kappa shape index (κ1) is 15.5. The molecule has 0 saturated carbocycles. The van der Waals surface area contributed by atoms with Crippen LogP contribution in [0.25, 0.3) is 22.2 Å². The van der Waals surface area contributed by atoms with E-state index in [-0.39, 0.29) is 5.56 Å². The predicted octanol–water partition coefficient (Wildman–Crippen LogP) is 1.84. The molecule has 25 heavy (non-hydrogen) atoms. The van der Waals surface area contributed by atoms with Gasteiger partial charge in [0.25, 0.3) is 5.56 Å². The van der Waals surface area contributed by atoms with Crippen LogP contribution in [0.3, 0.4) is 0 Å². The number of hydrogen-bond acceptors (Lipinski definition) is 5. The first-order chi connectivity index (χ1) is 12.3. The van der Waals surface area contributed by atoms with E-state index in [4.69, 9.17) is 10.2 Å². The molecule has 0 spiro atoms. The highest BCUT2D eigenvalue weighted by atomic mass is 16.1. The van der Waals surface area contributed by atoms with E-state index >= 15 is 0 Å². The molecule has 0 bridgehead atoms. The summed E-state index contributed by atoms with van der Waals surface area (Å²) in [7, 11) is 0. The molecule has 0 fully saturated rings. The fourth-order valence-corrected chi connectivity index (χ4v) is 3.25. The van der Waals surface area contributed by atoms with E-state index in [1.807, 2.05) is 36.4 Å². The molecule has 1 aliphatic rings. The van der Waals surface area contributed by atoms with E-state index in [0.29, 0.717) is 37.0 Å². The summed E-state index contributed by atoms with van der Waals surface area (Å²) in [6.45, 7) is 2.39. The highest BCUT2D eigenvalue weighted by molar-refractivity contribution is 5.83. The minimum atomic E-state index is -0.00798. The van der Waals surface area contributed by atoms with Crippen LogP contribution in [0.4, 0.5) is 0 Å². The first-order valence-corrected chi connectivity index (χ1v) is 8.30. The van der Waals surface area contributed by atoms with Gasteiger partial charge >= 0.3 is 0 Å². The van der Waals surface area contributed by atoms with Crippen LogP contribution in [-0.4, -0.2) is 39.1 Å². The molecule has 6 nitrogen and oxygen atoms in total. The average Bonchev–Trinajstić information content (AvgIpc) is 2.85. The maximum atomic E-state index is 12.9. The molecule has 0 unspecified atom stereocenters. The summed E-state index contributed by atoms with van der Waals surface area (Å²) in [6.07, 6.45) is 2.42. The molecule has 3 heterocycles. The molecule has 2 aromatic heterocycles. The Morgan fingerprint density at radius 1 is 1.16 bits per heavy atom. The topological polar surface area (TPSA) is 74.8 Å². The summed E-state index contributed by atoms with van der Waals surface area (Å²) in [5.74, 6) is 0.788. The number of aromatic nitrogens is 3. The summed E-state index contributed by atoms with van der Waals surface area (Å²) >= 11 is 0. The number of rotatable bonds is 2. The van der Waals surface area contributed by atoms with Gasteiger partial charge in [0.15, 0.2) is 0 Å². The smallest absolute Gasteiger partial charge is 0.261 e. The lowest BCUT2D eigenvalue weighted by Crippen LogP contribution is -2.29. The highest BCUT2D eigenvalue weighted by Gasteiger charge is 2.17. The zero-order chi connectivity index (χ0) is 17.2. The van der Waals surface area contributed by atoms with Gasteiger partial charge in [-0.05, 0) is 24.3 Å². The molecule has 124 valence electrons. The van der Waals surface area contributed by atoms with Crippen LogP contribution in [0.5, 0.6) is 0 Å². The summed E-state index contributed by atoms with van der Waals surface area (Å²) in [5.41, 5.74) is 2.51. The van der Waals surface area contributed by atoms with Gasteiger partial charge in [0.1, 0.15) is 5.82 Å². The lowest BCUT2D eigenvalue weighted by Gasteiger charge is -2.14. The van der Waals surface area contributed by atoms with Gasteiger partial charge in [-0.1, -0.05) is 12.1 Å². The third-order valence-electron chi connectivity index (χ3n) is 4.58. The van der Waals surface area contributed by atoms with Gasteiger partial charge in [-0.15, -0.1) is 0 Å². The maximum absolute atomic E-state index is 12.9. The van der Waals surface area contributed by atoms with Gasteiger partial charge in [-0.3, -0.25) is 19.2 Å². The predicted molar refractivity (Wildman–Crippen MR) is 95.0 cm³/mol. The van der Waals surface area contributed by atoms with Gasteiger partial charge in [0.2, 0.25) is 0 Å². The van der Waals surface area contributed by atoms with Crippen LogP contribution in [-0.2, 0) is 13.0 Å². The molecule has 0 N–H and O–H groups in total. The van der Waals surface area contributed by atoms with E-state index in [9.17, 15) is 4.79 Å². The largest absolute Gasteiger partial charge is 0.295 e. The van der Waals surface area contributed by atoms with Crippen molar-refractivity contribution in [3.63, 3.8) is 0 Å². The van der Waals surface area contributed by atoms with Crippen molar-refractivity contribution < 1.29 is 0 Å². The molecule has 0 saturated heterocycles. The van der Waals surface area contributed by atoms with Crippen LogP contribution in [0, 0.1) is 11.3 Å². The SMILES string of the molecule is N#CCN1CCc2nc3cc(-c4ccccn4)ccc3c(=O)n2CC1. The van der Waals surface area contributed by atoms with Gasteiger partial charge in [0, 0.05) is 37.8 Å². The lowest BCUT2D eigenvalue weighted by atomic mass is 10.1. The third kappa shape index (κ3) is 2.90. The molecule has 1 aromatic carbocycles. The maximum Gasteiger partial charge on any atom is 0.261 e.